The zero-order valence-corrected chi connectivity index (χ0v) is 15.1. The lowest BCUT2D eigenvalue weighted by Crippen LogP contribution is -2.36. The molecule has 1 unspecified atom stereocenters. The molecule has 0 N–H and O–H groups in total. The number of piperidine rings is 1. The summed E-state index contributed by atoms with van der Waals surface area (Å²) < 4.78 is 4.71. The first kappa shape index (κ1) is 17.0. The van der Waals surface area contributed by atoms with Gasteiger partial charge < -0.3 is 0 Å². The molecule has 2 aromatic heterocycles. The van der Waals surface area contributed by atoms with E-state index in [4.69, 9.17) is 17.3 Å². The van der Waals surface area contributed by atoms with Crippen molar-refractivity contribution in [2.45, 2.75) is 39.4 Å². The molecule has 1 aliphatic heterocycles. The van der Waals surface area contributed by atoms with Crippen molar-refractivity contribution in [3.63, 3.8) is 0 Å². The summed E-state index contributed by atoms with van der Waals surface area (Å²) in [7, 11) is 0. The predicted molar refractivity (Wildman–Crippen MR) is 99.1 cm³/mol. The molecule has 5 nitrogen and oxygen atoms in total. The summed E-state index contributed by atoms with van der Waals surface area (Å²) in [4.78, 5) is 6.67. The molecule has 1 saturated heterocycles. The quantitative estimate of drug-likeness (QED) is 0.592. The molecule has 3 rings (SSSR count). The second-order valence-electron chi connectivity index (χ2n) is 6.38. The summed E-state index contributed by atoms with van der Waals surface area (Å²) in [6, 6.07) is 3.94. The van der Waals surface area contributed by atoms with Gasteiger partial charge in [0.25, 0.3) is 0 Å². The smallest absolute Gasteiger partial charge is 0.199 e. The maximum absolute atomic E-state index is 5.67. The Kier molecular flexibility index (Phi) is 5.58. The maximum atomic E-state index is 5.67. The van der Waals surface area contributed by atoms with E-state index in [0.29, 0.717) is 6.54 Å². The minimum absolute atomic E-state index is 0.653. The van der Waals surface area contributed by atoms with Gasteiger partial charge in [0.1, 0.15) is 0 Å². The van der Waals surface area contributed by atoms with Gasteiger partial charge in [0, 0.05) is 31.0 Å². The van der Waals surface area contributed by atoms with Crippen LogP contribution in [-0.2, 0) is 13.2 Å². The number of rotatable bonds is 6. The minimum atomic E-state index is 0.653. The Labute approximate surface area is 148 Å². The van der Waals surface area contributed by atoms with Crippen molar-refractivity contribution in [3.8, 4) is 11.4 Å². The Morgan fingerprint density at radius 2 is 2.33 bits per heavy atom. The van der Waals surface area contributed by atoms with Crippen LogP contribution in [0.25, 0.3) is 11.4 Å². The Morgan fingerprint density at radius 3 is 3.04 bits per heavy atom. The predicted octanol–water partition coefficient (Wildman–Crippen LogP) is 3.74. The minimum Gasteiger partial charge on any atom is -0.296 e. The van der Waals surface area contributed by atoms with E-state index in [9.17, 15) is 0 Å². The first-order valence-corrected chi connectivity index (χ1v) is 9.05. The highest BCUT2D eigenvalue weighted by atomic mass is 32.1. The molecular formula is C18H25N5S. The first-order chi connectivity index (χ1) is 11.7. The zero-order chi connectivity index (χ0) is 16.9. The Bertz CT molecular complexity index is 734. The van der Waals surface area contributed by atoms with E-state index in [0.717, 1.165) is 41.8 Å². The van der Waals surface area contributed by atoms with Crippen molar-refractivity contribution in [2.24, 2.45) is 5.92 Å². The molecule has 2 aromatic rings. The number of allylic oxidation sites excluding steroid dienone is 1. The second kappa shape index (κ2) is 7.85. The molecule has 6 heteroatoms. The highest BCUT2D eigenvalue weighted by Gasteiger charge is 2.20. The van der Waals surface area contributed by atoms with Gasteiger partial charge in [0.05, 0.1) is 6.67 Å². The third-order valence-electron chi connectivity index (χ3n) is 4.67. The van der Waals surface area contributed by atoms with Gasteiger partial charge in [0.15, 0.2) is 10.6 Å². The van der Waals surface area contributed by atoms with Crippen LogP contribution >= 0.6 is 12.2 Å². The fraction of sp³-hybridized carbons (Fsp3) is 0.500. The topological polar surface area (TPSA) is 38.9 Å². The largest absolute Gasteiger partial charge is 0.296 e. The fourth-order valence-electron chi connectivity index (χ4n) is 3.34. The SMILES string of the molecule is C=CCn1c(-c2cccnc2)nn(CN2CCCC(CC)C2)c1=S. The van der Waals surface area contributed by atoms with Crippen LogP contribution in [0.5, 0.6) is 0 Å². The van der Waals surface area contributed by atoms with E-state index in [1.165, 1.54) is 19.3 Å². The Morgan fingerprint density at radius 1 is 1.46 bits per heavy atom. The Balaban J connectivity index is 1.89. The highest BCUT2D eigenvalue weighted by molar-refractivity contribution is 7.71. The van der Waals surface area contributed by atoms with Crippen LogP contribution in [0.3, 0.4) is 0 Å². The van der Waals surface area contributed by atoms with Crippen LogP contribution in [0.15, 0.2) is 37.2 Å². The number of hydrogen-bond acceptors (Lipinski definition) is 4. The number of pyridine rings is 1. The molecule has 0 amide bonds. The molecule has 3 heterocycles. The van der Waals surface area contributed by atoms with Gasteiger partial charge in [0.2, 0.25) is 0 Å². The number of likely N-dealkylation sites (tertiary alicyclic amines) is 1. The maximum Gasteiger partial charge on any atom is 0.199 e. The lowest BCUT2D eigenvalue weighted by molar-refractivity contribution is 0.129. The van der Waals surface area contributed by atoms with E-state index in [2.05, 4.69) is 23.4 Å². The van der Waals surface area contributed by atoms with Gasteiger partial charge in [-0.05, 0) is 49.7 Å². The van der Waals surface area contributed by atoms with Crippen LogP contribution in [-0.4, -0.2) is 37.3 Å². The van der Waals surface area contributed by atoms with Crippen molar-refractivity contribution in [3.05, 3.63) is 42.0 Å². The van der Waals surface area contributed by atoms with Gasteiger partial charge in [-0.1, -0.05) is 19.4 Å². The first-order valence-electron chi connectivity index (χ1n) is 8.64. The van der Waals surface area contributed by atoms with Gasteiger partial charge in [-0.2, -0.15) is 5.10 Å². The lowest BCUT2D eigenvalue weighted by atomic mass is 9.96. The summed E-state index contributed by atoms with van der Waals surface area (Å²) in [5, 5.41) is 4.79. The summed E-state index contributed by atoms with van der Waals surface area (Å²) in [5.41, 5.74) is 0.981. The molecule has 128 valence electrons. The summed E-state index contributed by atoms with van der Waals surface area (Å²) in [5.74, 6) is 1.65. The van der Waals surface area contributed by atoms with Gasteiger partial charge in [-0.15, -0.1) is 6.58 Å². The summed E-state index contributed by atoms with van der Waals surface area (Å²) >= 11 is 5.67. The number of nitrogens with zero attached hydrogens (tertiary/aromatic N) is 5. The molecule has 0 saturated carbocycles. The molecule has 0 bridgehead atoms. The Hall–Kier alpha value is -1.79. The molecule has 0 spiro atoms. The van der Waals surface area contributed by atoms with Crippen LogP contribution in [0.4, 0.5) is 0 Å². The van der Waals surface area contributed by atoms with Crippen molar-refractivity contribution >= 4 is 12.2 Å². The monoisotopic (exact) mass is 343 g/mol. The van der Waals surface area contributed by atoms with E-state index in [1.54, 1.807) is 6.20 Å². The van der Waals surface area contributed by atoms with E-state index in [-0.39, 0.29) is 0 Å². The van der Waals surface area contributed by atoms with Gasteiger partial charge >= 0.3 is 0 Å². The van der Waals surface area contributed by atoms with E-state index in [1.807, 2.05) is 33.7 Å². The van der Waals surface area contributed by atoms with Crippen LogP contribution in [0.2, 0.25) is 0 Å². The van der Waals surface area contributed by atoms with E-state index < -0.39 is 0 Å². The summed E-state index contributed by atoms with van der Waals surface area (Å²) in [6.07, 6.45) is 9.29. The standard InChI is InChI=1S/C18H25N5S/c1-3-10-22-17(16-8-5-9-19-12-16)20-23(18(22)24)14-21-11-6-7-15(4-2)13-21/h3,5,8-9,12,15H,1,4,6-7,10-11,13-14H2,2H3. The van der Waals surface area contributed by atoms with Crippen LogP contribution < -0.4 is 0 Å². The lowest BCUT2D eigenvalue weighted by Gasteiger charge is -2.31. The summed E-state index contributed by atoms with van der Waals surface area (Å²) in [6.45, 7) is 9.79. The molecule has 24 heavy (non-hydrogen) atoms. The average Bonchev–Trinajstić information content (AvgIpc) is 2.93. The molecule has 0 aromatic carbocycles. The highest BCUT2D eigenvalue weighted by Crippen LogP contribution is 2.21. The molecule has 1 fully saturated rings. The van der Waals surface area contributed by atoms with Gasteiger partial charge in [-0.25, -0.2) is 4.68 Å². The van der Waals surface area contributed by atoms with Crippen molar-refractivity contribution in [1.82, 2.24) is 24.2 Å². The van der Waals surface area contributed by atoms with Crippen molar-refractivity contribution < 1.29 is 0 Å². The third-order valence-corrected chi connectivity index (χ3v) is 5.10. The van der Waals surface area contributed by atoms with Crippen LogP contribution in [0, 0.1) is 10.7 Å². The fourth-order valence-corrected chi connectivity index (χ4v) is 3.60. The number of aromatic nitrogens is 4. The van der Waals surface area contributed by atoms with Crippen molar-refractivity contribution in [1.29, 1.82) is 0 Å². The molecular weight excluding hydrogens is 318 g/mol. The van der Waals surface area contributed by atoms with Crippen molar-refractivity contribution in [2.75, 3.05) is 13.1 Å². The molecule has 1 atom stereocenters. The zero-order valence-electron chi connectivity index (χ0n) is 14.3. The normalized spacial score (nSPS) is 18.6. The molecule has 0 aliphatic carbocycles. The van der Waals surface area contributed by atoms with Gasteiger partial charge in [-0.3, -0.25) is 14.5 Å². The van der Waals surface area contributed by atoms with E-state index >= 15 is 0 Å². The molecule has 1 aliphatic rings. The number of hydrogen-bond donors (Lipinski definition) is 0. The van der Waals surface area contributed by atoms with Crippen LogP contribution in [0.1, 0.15) is 26.2 Å². The second-order valence-corrected chi connectivity index (χ2v) is 6.75. The average molecular weight is 344 g/mol. The molecule has 0 radical (unpaired) electrons. The third kappa shape index (κ3) is 3.65.